The molecule has 0 aliphatic carbocycles. The zero-order valence-corrected chi connectivity index (χ0v) is 10.7. The highest BCUT2D eigenvalue weighted by molar-refractivity contribution is 6.00. The molecule has 1 rings (SSSR count). The number of para-hydroxylation sites is 1. The fraction of sp³-hybridized carbons (Fsp3) is 0.333. The van der Waals surface area contributed by atoms with E-state index in [2.05, 4.69) is 5.32 Å². The Balaban J connectivity index is 2.79. The van der Waals surface area contributed by atoms with Gasteiger partial charge in [-0.25, -0.2) is 0 Å². The quantitative estimate of drug-likeness (QED) is 0.743. The highest BCUT2D eigenvalue weighted by Gasteiger charge is 2.15. The number of anilines is 1. The van der Waals surface area contributed by atoms with E-state index in [1.807, 2.05) is 0 Å². The minimum atomic E-state index is -0.394. The van der Waals surface area contributed by atoms with Crippen LogP contribution in [0.25, 0.3) is 0 Å². The molecule has 98 valence electrons. The lowest BCUT2D eigenvalue weighted by Crippen LogP contribution is -2.36. The molecular formula is C12H17N3O3. The van der Waals surface area contributed by atoms with Crippen LogP contribution in [0, 0.1) is 0 Å². The summed E-state index contributed by atoms with van der Waals surface area (Å²) in [6.07, 6.45) is 0. The Bertz CT molecular complexity index is 458. The van der Waals surface area contributed by atoms with Gasteiger partial charge in [0.1, 0.15) is 0 Å². The van der Waals surface area contributed by atoms with E-state index in [0.29, 0.717) is 17.0 Å². The molecule has 3 N–H and O–H groups in total. The van der Waals surface area contributed by atoms with Crippen LogP contribution in [0.2, 0.25) is 0 Å². The molecule has 0 bridgehead atoms. The Morgan fingerprint density at radius 1 is 1.39 bits per heavy atom. The molecule has 0 aliphatic rings. The number of nitrogens with zero attached hydrogens (tertiary/aromatic N) is 1. The van der Waals surface area contributed by atoms with Crippen LogP contribution in [-0.2, 0) is 4.79 Å². The molecule has 1 aromatic rings. The number of nitrogens with two attached hydrogens (primary N) is 1. The number of likely N-dealkylation sites (N-methyl/N-ethyl adjacent to an activating group) is 1. The molecule has 6 heteroatoms. The van der Waals surface area contributed by atoms with Gasteiger partial charge in [0.15, 0.2) is 5.75 Å². The van der Waals surface area contributed by atoms with Crippen molar-refractivity contribution in [1.29, 1.82) is 0 Å². The third-order valence-corrected chi connectivity index (χ3v) is 2.39. The minimum absolute atomic E-state index is 0.0657. The van der Waals surface area contributed by atoms with Crippen molar-refractivity contribution in [2.45, 2.75) is 0 Å². The number of ether oxygens (including phenoxy) is 1. The Kier molecular flexibility index (Phi) is 4.53. The van der Waals surface area contributed by atoms with E-state index in [0.717, 1.165) is 0 Å². The second-order valence-corrected chi connectivity index (χ2v) is 3.90. The lowest BCUT2D eigenvalue weighted by Gasteiger charge is -2.13. The fourth-order valence-corrected chi connectivity index (χ4v) is 1.37. The normalized spacial score (nSPS) is 9.72. The maximum absolute atomic E-state index is 11.9. The molecule has 18 heavy (non-hydrogen) atoms. The van der Waals surface area contributed by atoms with Crippen LogP contribution in [0.5, 0.6) is 5.75 Å². The second kappa shape index (κ2) is 5.90. The molecule has 0 unspecified atom stereocenters. The summed E-state index contributed by atoms with van der Waals surface area (Å²) in [7, 11) is 4.68. The Labute approximate surface area is 106 Å². The highest BCUT2D eigenvalue weighted by atomic mass is 16.5. The van der Waals surface area contributed by atoms with E-state index >= 15 is 0 Å². The number of rotatable bonds is 4. The summed E-state index contributed by atoms with van der Waals surface area (Å²) >= 11 is 0. The second-order valence-electron chi connectivity index (χ2n) is 3.90. The topological polar surface area (TPSA) is 84.7 Å². The van der Waals surface area contributed by atoms with Crippen molar-refractivity contribution in [2.75, 3.05) is 33.5 Å². The number of hydrogen-bond acceptors (Lipinski definition) is 4. The lowest BCUT2D eigenvalue weighted by atomic mass is 10.1. The fourth-order valence-electron chi connectivity index (χ4n) is 1.37. The van der Waals surface area contributed by atoms with Crippen molar-refractivity contribution < 1.29 is 14.3 Å². The van der Waals surface area contributed by atoms with Crippen molar-refractivity contribution in [3.63, 3.8) is 0 Å². The molecule has 1 aromatic carbocycles. The van der Waals surface area contributed by atoms with Gasteiger partial charge in [0.2, 0.25) is 5.91 Å². The van der Waals surface area contributed by atoms with Crippen molar-refractivity contribution >= 4 is 17.5 Å². The summed E-state index contributed by atoms with van der Waals surface area (Å²) in [6.45, 7) is -0.0657. The van der Waals surface area contributed by atoms with Crippen LogP contribution in [0.1, 0.15) is 10.4 Å². The number of hydrogen-bond donors (Lipinski definition) is 2. The zero-order valence-electron chi connectivity index (χ0n) is 10.7. The van der Waals surface area contributed by atoms with E-state index in [1.165, 1.54) is 12.0 Å². The van der Waals surface area contributed by atoms with E-state index in [9.17, 15) is 9.59 Å². The first-order valence-corrected chi connectivity index (χ1v) is 5.38. The minimum Gasteiger partial charge on any atom is -0.494 e. The average Bonchev–Trinajstić information content (AvgIpc) is 2.34. The van der Waals surface area contributed by atoms with Crippen LogP contribution in [0.15, 0.2) is 18.2 Å². The van der Waals surface area contributed by atoms with Crippen molar-refractivity contribution in [3.05, 3.63) is 23.8 Å². The third-order valence-electron chi connectivity index (χ3n) is 2.39. The summed E-state index contributed by atoms with van der Waals surface area (Å²) in [5.74, 6) is -0.270. The van der Waals surface area contributed by atoms with Gasteiger partial charge in [-0.3, -0.25) is 9.59 Å². The van der Waals surface area contributed by atoms with Crippen LogP contribution < -0.4 is 15.8 Å². The molecule has 0 heterocycles. The SMILES string of the molecule is COc1c(N)cccc1C(=O)NCC(=O)N(C)C. The molecule has 0 spiro atoms. The highest BCUT2D eigenvalue weighted by Crippen LogP contribution is 2.25. The van der Waals surface area contributed by atoms with Crippen molar-refractivity contribution in [3.8, 4) is 5.75 Å². The number of nitrogen functional groups attached to an aromatic ring is 1. The lowest BCUT2D eigenvalue weighted by molar-refractivity contribution is -0.127. The Hall–Kier alpha value is -2.24. The molecule has 0 radical (unpaired) electrons. The number of amides is 2. The Morgan fingerprint density at radius 2 is 2.06 bits per heavy atom. The van der Waals surface area contributed by atoms with E-state index in [1.54, 1.807) is 32.3 Å². The van der Waals surface area contributed by atoms with Crippen molar-refractivity contribution in [2.24, 2.45) is 0 Å². The van der Waals surface area contributed by atoms with Gasteiger partial charge in [0, 0.05) is 14.1 Å². The van der Waals surface area contributed by atoms with Crippen LogP contribution in [0.4, 0.5) is 5.69 Å². The van der Waals surface area contributed by atoms with Gasteiger partial charge in [-0.2, -0.15) is 0 Å². The number of carbonyl (C=O) groups excluding carboxylic acids is 2. The number of methoxy groups -OCH3 is 1. The van der Waals surface area contributed by atoms with Crippen LogP contribution in [-0.4, -0.2) is 44.5 Å². The summed E-state index contributed by atoms with van der Waals surface area (Å²) in [5, 5.41) is 2.52. The van der Waals surface area contributed by atoms with Gasteiger partial charge in [-0.15, -0.1) is 0 Å². The predicted molar refractivity (Wildman–Crippen MR) is 68.4 cm³/mol. The van der Waals surface area contributed by atoms with Gasteiger partial charge in [0.25, 0.3) is 5.91 Å². The third kappa shape index (κ3) is 3.13. The van der Waals surface area contributed by atoms with Crippen molar-refractivity contribution in [1.82, 2.24) is 10.2 Å². The number of carbonyl (C=O) groups is 2. The zero-order chi connectivity index (χ0) is 13.7. The summed E-state index contributed by atoms with van der Waals surface area (Å²) < 4.78 is 5.07. The van der Waals surface area contributed by atoms with E-state index in [4.69, 9.17) is 10.5 Å². The molecule has 0 saturated carbocycles. The molecule has 0 aliphatic heterocycles. The summed E-state index contributed by atoms with van der Waals surface area (Å²) in [5.41, 5.74) is 6.38. The number of nitrogens with one attached hydrogen (secondary N) is 1. The summed E-state index contributed by atoms with van der Waals surface area (Å²) in [4.78, 5) is 24.6. The molecule has 0 aromatic heterocycles. The average molecular weight is 251 g/mol. The van der Waals surface area contributed by atoms with Gasteiger partial charge >= 0.3 is 0 Å². The first kappa shape index (κ1) is 13.8. The first-order chi connectivity index (χ1) is 8.47. The molecule has 0 saturated heterocycles. The largest absolute Gasteiger partial charge is 0.494 e. The number of benzene rings is 1. The van der Waals surface area contributed by atoms with Gasteiger partial charge in [0.05, 0.1) is 24.9 Å². The maximum Gasteiger partial charge on any atom is 0.255 e. The van der Waals surface area contributed by atoms with Gasteiger partial charge < -0.3 is 20.7 Å². The standard InChI is InChI=1S/C12H17N3O3/c1-15(2)10(16)7-14-12(17)8-5-4-6-9(13)11(8)18-3/h4-6H,7,13H2,1-3H3,(H,14,17). The van der Waals surface area contributed by atoms with Crippen LogP contribution in [0.3, 0.4) is 0 Å². The maximum atomic E-state index is 11.9. The Morgan fingerprint density at radius 3 is 2.61 bits per heavy atom. The van der Waals surface area contributed by atoms with E-state index < -0.39 is 5.91 Å². The smallest absolute Gasteiger partial charge is 0.255 e. The van der Waals surface area contributed by atoms with E-state index in [-0.39, 0.29) is 12.5 Å². The predicted octanol–water partition coefficient (Wildman–Crippen LogP) is 0.0954. The van der Waals surface area contributed by atoms with Crippen LogP contribution >= 0.6 is 0 Å². The van der Waals surface area contributed by atoms with Gasteiger partial charge in [-0.1, -0.05) is 6.07 Å². The molecular weight excluding hydrogens is 234 g/mol. The van der Waals surface area contributed by atoms with Gasteiger partial charge in [-0.05, 0) is 12.1 Å². The first-order valence-electron chi connectivity index (χ1n) is 5.38. The molecule has 0 atom stereocenters. The molecule has 2 amide bonds. The molecule has 6 nitrogen and oxygen atoms in total. The monoisotopic (exact) mass is 251 g/mol. The summed E-state index contributed by atoms with van der Waals surface area (Å²) in [6, 6.07) is 4.88. The molecule has 0 fully saturated rings.